The normalized spacial score (nSPS) is 14.0. The number of rotatable bonds is 22. The molecule has 2 rings (SSSR count). The molecule has 0 spiro atoms. The van der Waals surface area contributed by atoms with E-state index in [1.807, 2.05) is 44.4 Å². The van der Waals surface area contributed by atoms with Crippen molar-refractivity contribution in [2.24, 2.45) is 23.1 Å². The van der Waals surface area contributed by atoms with Crippen molar-refractivity contribution >= 4 is 47.2 Å². The third-order valence-corrected chi connectivity index (χ3v) is 8.34. The van der Waals surface area contributed by atoms with Gasteiger partial charge in [0.25, 0.3) is 0 Å². The predicted octanol–water partition coefficient (Wildman–Crippen LogP) is -0.512. The summed E-state index contributed by atoms with van der Waals surface area (Å²) < 4.78 is 0. The van der Waals surface area contributed by atoms with Crippen molar-refractivity contribution in [3.05, 3.63) is 71.8 Å². The summed E-state index contributed by atoms with van der Waals surface area (Å²) in [6.45, 7) is 3.45. The Hall–Kier alpha value is -4.47. The van der Waals surface area contributed by atoms with Gasteiger partial charge in [0.2, 0.25) is 35.4 Å². The van der Waals surface area contributed by atoms with Crippen molar-refractivity contribution in [1.29, 1.82) is 0 Å². The maximum absolute atomic E-state index is 13.7. The van der Waals surface area contributed by atoms with E-state index in [9.17, 15) is 28.8 Å². The molecule has 2 aromatic carbocycles. The number of primary amides is 1. The Kier molecular flexibility index (Phi) is 18.6. The molecule has 0 aliphatic heterocycles. The first-order valence-corrected chi connectivity index (χ1v) is 18.0. The van der Waals surface area contributed by atoms with Gasteiger partial charge in [0.15, 0.2) is 0 Å². The zero-order chi connectivity index (χ0) is 37.1. The first-order chi connectivity index (χ1) is 23.8. The SMILES string of the molecule is CSCC[C@H](NC(=O)[C@H](CC(C)C)NC(=O)CNC(=O)[C@H](Cc1ccccc1)NC(=O)[C@H](Cc1ccccc1)NC(=O)[C@@H](N)CCN)C(N)=O. The van der Waals surface area contributed by atoms with Crippen LogP contribution in [0.1, 0.15) is 44.2 Å². The monoisotopic (exact) mass is 712 g/mol. The molecule has 0 radical (unpaired) electrons. The molecule has 15 heteroatoms. The van der Waals surface area contributed by atoms with Crippen molar-refractivity contribution in [3.63, 3.8) is 0 Å². The summed E-state index contributed by atoms with van der Waals surface area (Å²) in [6, 6.07) is 13.0. The van der Waals surface area contributed by atoms with Crippen LogP contribution in [-0.2, 0) is 41.6 Å². The Bertz CT molecular complexity index is 1400. The van der Waals surface area contributed by atoms with Crippen LogP contribution >= 0.6 is 11.8 Å². The van der Waals surface area contributed by atoms with Gasteiger partial charge < -0.3 is 43.8 Å². The molecular formula is C35H52N8O6S. The molecule has 0 saturated carbocycles. The maximum Gasteiger partial charge on any atom is 0.243 e. The number of benzene rings is 2. The molecule has 0 bridgehead atoms. The minimum absolute atomic E-state index is 0.0125. The molecule has 2 aromatic rings. The van der Waals surface area contributed by atoms with Crippen LogP contribution in [0.2, 0.25) is 0 Å². The number of nitrogens with one attached hydrogen (secondary N) is 5. The summed E-state index contributed by atoms with van der Waals surface area (Å²) in [4.78, 5) is 78.1. The van der Waals surface area contributed by atoms with Crippen LogP contribution in [0.15, 0.2) is 60.7 Å². The lowest BCUT2D eigenvalue weighted by molar-refractivity contribution is -0.133. The highest BCUT2D eigenvalue weighted by Crippen LogP contribution is 2.09. The molecule has 14 nitrogen and oxygen atoms in total. The Morgan fingerprint density at radius 1 is 0.680 bits per heavy atom. The van der Waals surface area contributed by atoms with E-state index in [1.54, 1.807) is 36.4 Å². The molecule has 0 unspecified atom stereocenters. The Morgan fingerprint density at radius 3 is 1.68 bits per heavy atom. The van der Waals surface area contributed by atoms with E-state index in [-0.39, 0.29) is 38.1 Å². The average Bonchev–Trinajstić information content (AvgIpc) is 3.08. The third-order valence-electron chi connectivity index (χ3n) is 7.70. The highest BCUT2D eigenvalue weighted by Gasteiger charge is 2.30. The molecule has 6 amide bonds. The van der Waals surface area contributed by atoms with Crippen molar-refractivity contribution in [2.45, 2.75) is 76.2 Å². The molecule has 0 aliphatic rings. The molecule has 274 valence electrons. The minimum atomic E-state index is -1.13. The lowest BCUT2D eigenvalue weighted by Crippen LogP contribution is -2.58. The lowest BCUT2D eigenvalue weighted by atomic mass is 10.0. The summed E-state index contributed by atoms with van der Waals surface area (Å²) in [6.07, 6.45) is 2.91. The number of thioether (sulfide) groups is 1. The van der Waals surface area contributed by atoms with Gasteiger partial charge in [-0.15, -0.1) is 0 Å². The fraction of sp³-hybridized carbons (Fsp3) is 0.486. The highest BCUT2D eigenvalue weighted by atomic mass is 32.2. The van der Waals surface area contributed by atoms with Gasteiger partial charge in [0.05, 0.1) is 12.6 Å². The molecule has 0 aromatic heterocycles. The number of hydrogen-bond donors (Lipinski definition) is 8. The largest absolute Gasteiger partial charge is 0.368 e. The number of carbonyl (C=O) groups is 6. The third kappa shape index (κ3) is 15.4. The summed E-state index contributed by atoms with van der Waals surface area (Å²) >= 11 is 1.50. The Labute approximate surface area is 298 Å². The van der Waals surface area contributed by atoms with Gasteiger partial charge in [-0.2, -0.15) is 11.8 Å². The fourth-order valence-corrected chi connectivity index (χ4v) is 5.48. The zero-order valence-corrected chi connectivity index (χ0v) is 29.8. The summed E-state index contributed by atoms with van der Waals surface area (Å²) in [7, 11) is 0. The molecule has 0 saturated heterocycles. The van der Waals surface area contributed by atoms with Gasteiger partial charge >= 0.3 is 0 Å². The van der Waals surface area contributed by atoms with Crippen LogP contribution in [0.5, 0.6) is 0 Å². The first kappa shape index (κ1) is 41.7. The Morgan fingerprint density at radius 2 is 1.18 bits per heavy atom. The van der Waals surface area contributed by atoms with Gasteiger partial charge in [-0.05, 0) is 54.9 Å². The van der Waals surface area contributed by atoms with Gasteiger partial charge in [-0.25, -0.2) is 0 Å². The van der Waals surface area contributed by atoms with Gasteiger partial charge in [-0.3, -0.25) is 28.8 Å². The quantitative estimate of drug-likeness (QED) is 0.0783. The van der Waals surface area contributed by atoms with Crippen LogP contribution in [0.25, 0.3) is 0 Å². The summed E-state index contributed by atoms with van der Waals surface area (Å²) in [5, 5.41) is 13.3. The van der Waals surface area contributed by atoms with Crippen molar-refractivity contribution in [3.8, 4) is 0 Å². The van der Waals surface area contributed by atoms with Gasteiger partial charge in [-0.1, -0.05) is 74.5 Å². The first-order valence-electron chi connectivity index (χ1n) is 16.6. The minimum Gasteiger partial charge on any atom is -0.368 e. The second-order valence-electron chi connectivity index (χ2n) is 12.4. The van der Waals surface area contributed by atoms with E-state index in [0.717, 1.165) is 11.1 Å². The second kappa shape index (κ2) is 22.3. The highest BCUT2D eigenvalue weighted by molar-refractivity contribution is 7.98. The van der Waals surface area contributed by atoms with E-state index >= 15 is 0 Å². The van der Waals surface area contributed by atoms with Crippen LogP contribution in [0.3, 0.4) is 0 Å². The van der Waals surface area contributed by atoms with Crippen LogP contribution < -0.4 is 43.8 Å². The van der Waals surface area contributed by atoms with Crippen LogP contribution in [-0.4, -0.2) is 90.8 Å². The number of nitrogens with two attached hydrogens (primary N) is 3. The standard InChI is InChI=1S/C35H52N8O6S/c1-22(2)18-27(34(48)41-26(31(38)45)15-17-50-3)40-30(44)21-39-33(47)28(19-23-10-6-4-7-11-23)43-35(49)29(20-24-12-8-5-9-13-24)42-32(46)25(37)14-16-36/h4-13,22,25-29H,14-21,36-37H2,1-3H3,(H2,38,45)(H,39,47)(H,40,44)(H,41,48)(H,42,46)(H,43,49)/t25-,26-,27-,28-,29-/m0/s1. The van der Waals surface area contributed by atoms with E-state index in [0.29, 0.717) is 12.2 Å². The smallest absolute Gasteiger partial charge is 0.243 e. The zero-order valence-electron chi connectivity index (χ0n) is 29.0. The number of amides is 6. The molecule has 5 atom stereocenters. The van der Waals surface area contributed by atoms with Crippen molar-refractivity contribution < 1.29 is 28.8 Å². The molecule has 11 N–H and O–H groups in total. The Balaban J connectivity index is 2.20. The average molecular weight is 713 g/mol. The lowest BCUT2D eigenvalue weighted by Gasteiger charge is -2.25. The van der Waals surface area contributed by atoms with E-state index in [4.69, 9.17) is 17.2 Å². The van der Waals surface area contributed by atoms with E-state index < -0.39 is 72.2 Å². The van der Waals surface area contributed by atoms with Crippen LogP contribution in [0.4, 0.5) is 0 Å². The van der Waals surface area contributed by atoms with Crippen molar-refractivity contribution in [1.82, 2.24) is 26.6 Å². The second-order valence-corrected chi connectivity index (χ2v) is 13.4. The predicted molar refractivity (Wildman–Crippen MR) is 194 cm³/mol. The molecule has 0 fully saturated rings. The fourth-order valence-electron chi connectivity index (χ4n) is 5.01. The van der Waals surface area contributed by atoms with Crippen LogP contribution in [0, 0.1) is 5.92 Å². The van der Waals surface area contributed by atoms with E-state index in [2.05, 4.69) is 26.6 Å². The number of hydrogen-bond acceptors (Lipinski definition) is 9. The topological polar surface area (TPSA) is 241 Å². The summed E-state index contributed by atoms with van der Waals surface area (Å²) in [5.74, 6) is -3.10. The van der Waals surface area contributed by atoms with E-state index in [1.165, 1.54) is 11.8 Å². The molecular weight excluding hydrogens is 661 g/mol. The van der Waals surface area contributed by atoms with Gasteiger partial charge in [0.1, 0.15) is 24.2 Å². The summed E-state index contributed by atoms with van der Waals surface area (Å²) in [5.41, 5.74) is 18.5. The van der Waals surface area contributed by atoms with Gasteiger partial charge in [0, 0.05) is 12.8 Å². The molecule has 0 heterocycles. The molecule has 50 heavy (non-hydrogen) atoms. The number of carbonyl (C=O) groups excluding carboxylic acids is 6. The van der Waals surface area contributed by atoms with Crippen molar-refractivity contribution in [2.75, 3.05) is 25.1 Å². The maximum atomic E-state index is 13.7. The molecule has 0 aliphatic carbocycles.